The lowest BCUT2D eigenvalue weighted by molar-refractivity contribution is 0.146. The van der Waals surface area contributed by atoms with E-state index in [2.05, 4.69) is 4.90 Å². The molecule has 1 saturated heterocycles. The number of aliphatic hydroxyl groups excluding tert-OH is 1. The molecule has 0 amide bonds. The van der Waals surface area contributed by atoms with Gasteiger partial charge < -0.3 is 9.52 Å². The summed E-state index contributed by atoms with van der Waals surface area (Å²) in [4.78, 5) is 2.23. The van der Waals surface area contributed by atoms with Gasteiger partial charge in [-0.1, -0.05) is 0 Å². The minimum absolute atomic E-state index is 0.231. The molecular formula is C10H14ClNO2. The van der Waals surface area contributed by atoms with Crippen molar-refractivity contribution in [3.05, 3.63) is 23.1 Å². The molecule has 3 nitrogen and oxygen atoms in total. The van der Waals surface area contributed by atoms with E-state index >= 15 is 0 Å². The molecule has 1 aliphatic rings. The first-order valence-corrected chi connectivity index (χ1v) is 5.26. The molecule has 0 unspecified atom stereocenters. The summed E-state index contributed by atoms with van der Waals surface area (Å²) in [5.41, 5.74) is 0. The van der Waals surface area contributed by atoms with Crippen LogP contribution in [0.2, 0.25) is 5.22 Å². The molecule has 1 aromatic rings. The highest BCUT2D eigenvalue weighted by molar-refractivity contribution is 6.28. The summed E-state index contributed by atoms with van der Waals surface area (Å²) in [5.74, 6) is 0.871. The van der Waals surface area contributed by atoms with Crippen LogP contribution in [-0.4, -0.2) is 29.2 Å². The third kappa shape index (κ3) is 2.11. The third-order valence-electron chi connectivity index (χ3n) is 2.70. The van der Waals surface area contributed by atoms with E-state index in [4.69, 9.17) is 21.1 Å². The molecule has 1 aromatic heterocycles. The van der Waals surface area contributed by atoms with E-state index in [9.17, 15) is 0 Å². The summed E-state index contributed by atoms with van der Waals surface area (Å²) in [6, 6.07) is 3.93. The maximum atomic E-state index is 9.12. The zero-order chi connectivity index (χ0) is 9.97. The van der Waals surface area contributed by atoms with Crippen LogP contribution in [0.15, 0.2) is 16.5 Å². The summed E-state index contributed by atoms with van der Waals surface area (Å²) in [6.07, 6.45) is 2.23. The summed E-state index contributed by atoms with van der Waals surface area (Å²) < 4.78 is 5.28. The highest BCUT2D eigenvalue weighted by Gasteiger charge is 2.24. The Hall–Kier alpha value is -0.510. The molecule has 2 rings (SSSR count). The van der Waals surface area contributed by atoms with Gasteiger partial charge in [-0.05, 0) is 43.1 Å². The Morgan fingerprint density at radius 3 is 3.07 bits per heavy atom. The van der Waals surface area contributed by atoms with E-state index in [1.54, 1.807) is 6.07 Å². The molecule has 0 aromatic carbocycles. The van der Waals surface area contributed by atoms with Crippen molar-refractivity contribution in [2.45, 2.75) is 25.4 Å². The Morgan fingerprint density at radius 2 is 2.43 bits per heavy atom. The molecule has 2 heterocycles. The van der Waals surface area contributed by atoms with E-state index in [0.29, 0.717) is 11.3 Å². The van der Waals surface area contributed by atoms with E-state index in [1.165, 1.54) is 0 Å². The quantitative estimate of drug-likeness (QED) is 0.837. The second-order valence-corrected chi connectivity index (χ2v) is 4.03. The first-order chi connectivity index (χ1) is 6.79. The molecule has 0 radical (unpaired) electrons. The Bertz CT molecular complexity index is 300. The summed E-state index contributed by atoms with van der Waals surface area (Å²) >= 11 is 5.68. The third-order valence-corrected chi connectivity index (χ3v) is 2.90. The lowest BCUT2D eigenvalue weighted by Gasteiger charge is -2.20. The van der Waals surface area contributed by atoms with Crippen molar-refractivity contribution < 1.29 is 9.52 Å². The molecule has 1 fully saturated rings. The van der Waals surface area contributed by atoms with Crippen LogP contribution < -0.4 is 0 Å². The molecule has 4 heteroatoms. The minimum atomic E-state index is 0.231. The Labute approximate surface area is 88.3 Å². The van der Waals surface area contributed by atoms with Gasteiger partial charge in [-0.25, -0.2) is 0 Å². The van der Waals surface area contributed by atoms with Crippen molar-refractivity contribution in [1.82, 2.24) is 4.90 Å². The molecule has 0 spiro atoms. The second-order valence-electron chi connectivity index (χ2n) is 3.65. The van der Waals surface area contributed by atoms with Gasteiger partial charge in [-0.3, -0.25) is 4.90 Å². The zero-order valence-corrected chi connectivity index (χ0v) is 8.70. The van der Waals surface area contributed by atoms with Crippen LogP contribution >= 0.6 is 11.6 Å². The molecule has 0 bridgehead atoms. The lowest BCUT2D eigenvalue weighted by Crippen LogP contribution is -2.31. The molecule has 0 aliphatic carbocycles. The maximum Gasteiger partial charge on any atom is 0.193 e. The zero-order valence-electron chi connectivity index (χ0n) is 7.95. The predicted molar refractivity (Wildman–Crippen MR) is 54.2 cm³/mol. The SMILES string of the molecule is OC[C@H]1CCCN1Cc1ccc(Cl)o1. The lowest BCUT2D eigenvalue weighted by atomic mass is 10.2. The van der Waals surface area contributed by atoms with Gasteiger partial charge >= 0.3 is 0 Å². The predicted octanol–water partition coefficient (Wildman–Crippen LogP) is 1.89. The molecule has 1 atom stereocenters. The topological polar surface area (TPSA) is 36.6 Å². The van der Waals surface area contributed by atoms with Crippen molar-refractivity contribution >= 4 is 11.6 Å². The summed E-state index contributed by atoms with van der Waals surface area (Å²) in [5, 5.41) is 9.55. The van der Waals surface area contributed by atoms with Crippen LogP contribution in [-0.2, 0) is 6.54 Å². The number of nitrogens with zero attached hydrogens (tertiary/aromatic N) is 1. The van der Waals surface area contributed by atoms with Crippen molar-refractivity contribution in [2.24, 2.45) is 0 Å². The van der Waals surface area contributed by atoms with Crippen LogP contribution in [0.25, 0.3) is 0 Å². The van der Waals surface area contributed by atoms with Gasteiger partial charge in [0.05, 0.1) is 13.2 Å². The fourth-order valence-electron chi connectivity index (χ4n) is 1.95. The van der Waals surface area contributed by atoms with Crippen LogP contribution in [0, 0.1) is 0 Å². The maximum absolute atomic E-state index is 9.12. The Morgan fingerprint density at radius 1 is 1.57 bits per heavy atom. The number of furan rings is 1. The van der Waals surface area contributed by atoms with Crippen LogP contribution in [0.3, 0.4) is 0 Å². The largest absolute Gasteiger partial charge is 0.448 e. The van der Waals surface area contributed by atoms with Crippen molar-refractivity contribution in [2.75, 3.05) is 13.2 Å². The molecule has 78 valence electrons. The van der Waals surface area contributed by atoms with Gasteiger partial charge in [0, 0.05) is 6.04 Å². The normalized spacial score (nSPS) is 23.1. The highest BCUT2D eigenvalue weighted by Crippen LogP contribution is 2.21. The van der Waals surface area contributed by atoms with Crippen molar-refractivity contribution in [1.29, 1.82) is 0 Å². The van der Waals surface area contributed by atoms with Gasteiger partial charge in [0.15, 0.2) is 5.22 Å². The van der Waals surface area contributed by atoms with Gasteiger partial charge in [0.25, 0.3) is 0 Å². The van der Waals surface area contributed by atoms with Gasteiger partial charge in [-0.2, -0.15) is 0 Å². The van der Waals surface area contributed by atoms with E-state index in [-0.39, 0.29) is 6.61 Å². The molecule has 1 N–H and O–H groups in total. The minimum Gasteiger partial charge on any atom is -0.448 e. The van der Waals surface area contributed by atoms with E-state index < -0.39 is 0 Å². The van der Waals surface area contributed by atoms with Gasteiger partial charge in [0.1, 0.15) is 5.76 Å². The van der Waals surface area contributed by atoms with Crippen molar-refractivity contribution in [3.63, 3.8) is 0 Å². The van der Waals surface area contributed by atoms with Crippen LogP contribution in [0.4, 0.5) is 0 Å². The highest BCUT2D eigenvalue weighted by atomic mass is 35.5. The monoisotopic (exact) mass is 215 g/mol. The van der Waals surface area contributed by atoms with Crippen LogP contribution in [0.5, 0.6) is 0 Å². The first-order valence-electron chi connectivity index (χ1n) is 4.88. The summed E-state index contributed by atoms with van der Waals surface area (Å²) in [6.45, 7) is 2.01. The average Bonchev–Trinajstić information content (AvgIpc) is 2.76. The van der Waals surface area contributed by atoms with Gasteiger partial charge in [0.2, 0.25) is 0 Å². The standard InChI is InChI=1S/C10H14ClNO2/c11-10-4-3-9(14-10)6-12-5-1-2-8(12)7-13/h3-4,8,13H,1-2,5-7H2/t8-/m1/s1. The first kappa shape index (κ1) is 10.0. The Balaban J connectivity index is 1.96. The number of likely N-dealkylation sites (tertiary alicyclic amines) is 1. The average molecular weight is 216 g/mol. The molecule has 14 heavy (non-hydrogen) atoms. The number of aliphatic hydroxyl groups is 1. The second kappa shape index (κ2) is 4.34. The number of halogens is 1. The van der Waals surface area contributed by atoms with Crippen LogP contribution in [0.1, 0.15) is 18.6 Å². The molecule has 1 aliphatic heterocycles. The van der Waals surface area contributed by atoms with Gasteiger partial charge in [-0.15, -0.1) is 0 Å². The number of hydrogen-bond acceptors (Lipinski definition) is 3. The fraction of sp³-hybridized carbons (Fsp3) is 0.600. The van der Waals surface area contributed by atoms with Crippen molar-refractivity contribution in [3.8, 4) is 0 Å². The molecule has 0 saturated carbocycles. The van der Waals surface area contributed by atoms with E-state index in [1.807, 2.05) is 6.07 Å². The smallest absolute Gasteiger partial charge is 0.193 e. The number of rotatable bonds is 3. The summed E-state index contributed by atoms with van der Waals surface area (Å²) in [7, 11) is 0. The number of hydrogen-bond donors (Lipinski definition) is 1. The molecular weight excluding hydrogens is 202 g/mol. The fourth-order valence-corrected chi connectivity index (χ4v) is 2.11. The Kier molecular flexibility index (Phi) is 3.11. The van der Waals surface area contributed by atoms with E-state index in [0.717, 1.165) is 31.7 Å².